The van der Waals surface area contributed by atoms with Crippen molar-refractivity contribution in [3.63, 3.8) is 0 Å². The molecule has 0 bridgehead atoms. The van der Waals surface area contributed by atoms with Gasteiger partial charge >= 0.3 is 4.87 Å². The van der Waals surface area contributed by atoms with Crippen molar-refractivity contribution in [2.24, 2.45) is 0 Å². The van der Waals surface area contributed by atoms with Crippen molar-refractivity contribution in [2.45, 2.75) is 25.8 Å². The molecular weight excluding hydrogens is 290 g/mol. The van der Waals surface area contributed by atoms with Crippen molar-refractivity contribution in [1.82, 2.24) is 19.9 Å². The third kappa shape index (κ3) is 3.48. The van der Waals surface area contributed by atoms with Crippen molar-refractivity contribution >= 4 is 29.2 Å². The molecule has 112 valence electrons. The largest absolute Gasteiger partial charge is 0.368 e. The molecule has 1 saturated heterocycles. The number of hydrogen-bond acceptors (Lipinski definition) is 8. The molecule has 2 aromatic heterocycles. The lowest BCUT2D eigenvalue weighted by Crippen LogP contribution is -2.31. The van der Waals surface area contributed by atoms with Crippen molar-refractivity contribution in [3.05, 3.63) is 20.7 Å². The standard InChI is InChI=1S/C12H17N7OS/c13-9-16-10(14-6-8-7-21-12(20)15-8)18-11(17-9)19-4-2-1-3-5-19/h7H,1-6H2,(H,15,20)(H3,13,14,16,17,18). The highest BCUT2D eigenvalue weighted by Gasteiger charge is 2.15. The second-order valence-corrected chi connectivity index (χ2v) is 5.73. The number of piperidine rings is 1. The van der Waals surface area contributed by atoms with E-state index in [1.54, 1.807) is 5.38 Å². The maximum Gasteiger partial charge on any atom is 0.304 e. The summed E-state index contributed by atoms with van der Waals surface area (Å²) in [4.78, 5) is 28.5. The summed E-state index contributed by atoms with van der Waals surface area (Å²) in [5.74, 6) is 1.24. The van der Waals surface area contributed by atoms with Crippen LogP contribution >= 0.6 is 11.3 Å². The maximum absolute atomic E-state index is 11.1. The first kappa shape index (κ1) is 13.8. The lowest BCUT2D eigenvalue weighted by atomic mass is 10.1. The van der Waals surface area contributed by atoms with Gasteiger partial charge in [0.25, 0.3) is 0 Å². The second kappa shape index (κ2) is 6.08. The van der Waals surface area contributed by atoms with Crippen LogP contribution in [-0.4, -0.2) is 33.0 Å². The SMILES string of the molecule is Nc1nc(NCc2csc(=O)[nH]2)nc(N2CCCCC2)n1. The van der Waals surface area contributed by atoms with Gasteiger partial charge in [-0.15, -0.1) is 0 Å². The summed E-state index contributed by atoms with van der Waals surface area (Å²) in [6.45, 7) is 2.34. The molecule has 8 nitrogen and oxygen atoms in total. The lowest BCUT2D eigenvalue weighted by molar-refractivity contribution is 0.568. The minimum Gasteiger partial charge on any atom is -0.368 e. The van der Waals surface area contributed by atoms with Crippen molar-refractivity contribution in [1.29, 1.82) is 0 Å². The zero-order valence-electron chi connectivity index (χ0n) is 11.5. The van der Waals surface area contributed by atoms with Gasteiger partial charge < -0.3 is 20.9 Å². The summed E-state index contributed by atoms with van der Waals surface area (Å²) in [5.41, 5.74) is 6.55. The molecule has 2 aromatic rings. The first-order chi connectivity index (χ1) is 10.2. The highest BCUT2D eigenvalue weighted by molar-refractivity contribution is 7.07. The number of aromatic nitrogens is 4. The highest BCUT2D eigenvalue weighted by Crippen LogP contribution is 2.17. The van der Waals surface area contributed by atoms with Gasteiger partial charge in [0.05, 0.1) is 6.54 Å². The Labute approximate surface area is 125 Å². The van der Waals surface area contributed by atoms with E-state index in [1.165, 1.54) is 6.42 Å². The molecule has 0 radical (unpaired) electrons. The van der Waals surface area contributed by atoms with Crippen LogP contribution in [0.2, 0.25) is 0 Å². The van der Waals surface area contributed by atoms with Gasteiger partial charge in [-0.2, -0.15) is 15.0 Å². The third-order valence-electron chi connectivity index (χ3n) is 3.29. The average molecular weight is 307 g/mol. The Morgan fingerprint density at radius 2 is 2.10 bits per heavy atom. The molecule has 9 heteroatoms. The van der Waals surface area contributed by atoms with Crippen LogP contribution in [-0.2, 0) is 6.54 Å². The summed E-state index contributed by atoms with van der Waals surface area (Å²) in [6, 6.07) is 0. The molecule has 0 atom stereocenters. The zero-order valence-corrected chi connectivity index (χ0v) is 12.3. The van der Waals surface area contributed by atoms with Crippen LogP contribution in [0.1, 0.15) is 25.0 Å². The van der Waals surface area contributed by atoms with Gasteiger partial charge in [0.15, 0.2) is 0 Å². The van der Waals surface area contributed by atoms with E-state index in [0.29, 0.717) is 18.4 Å². The molecule has 0 spiro atoms. The number of aromatic amines is 1. The van der Waals surface area contributed by atoms with Crippen LogP contribution in [0.4, 0.5) is 17.8 Å². The number of nitrogens with one attached hydrogen (secondary N) is 2. The van der Waals surface area contributed by atoms with E-state index in [4.69, 9.17) is 5.73 Å². The van der Waals surface area contributed by atoms with Crippen molar-refractivity contribution < 1.29 is 0 Å². The monoisotopic (exact) mass is 307 g/mol. The molecule has 0 saturated carbocycles. The lowest BCUT2D eigenvalue weighted by Gasteiger charge is -2.26. The van der Waals surface area contributed by atoms with E-state index in [2.05, 4.69) is 30.2 Å². The summed E-state index contributed by atoms with van der Waals surface area (Å²) in [5, 5.41) is 4.83. The number of hydrogen-bond donors (Lipinski definition) is 3. The molecule has 1 fully saturated rings. The number of thiazole rings is 1. The molecular formula is C12H17N7OS. The number of nitrogens with zero attached hydrogens (tertiary/aromatic N) is 4. The Morgan fingerprint density at radius 1 is 1.29 bits per heavy atom. The van der Waals surface area contributed by atoms with Gasteiger partial charge in [-0.3, -0.25) is 4.79 Å². The number of H-pyrrole nitrogens is 1. The normalized spacial score (nSPS) is 15.1. The van der Waals surface area contributed by atoms with Gasteiger partial charge in [-0.05, 0) is 19.3 Å². The quantitative estimate of drug-likeness (QED) is 0.766. The Bertz CT molecular complexity index is 662. The molecule has 1 aliphatic rings. The first-order valence-electron chi connectivity index (χ1n) is 6.88. The predicted molar refractivity (Wildman–Crippen MR) is 82.6 cm³/mol. The second-order valence-electron chi connectivity index (χ2n) is 4.89. The van der Waals surface area contributed by atoms with Crippen LogP contribution in [0.5, 0.6) is 0 Å². The summed E-state index contributed by atoms with van der Waals surface area (Å²) >= 11 is 1.13. The smallest absolute Gasteiger partial charge is 0.304 e. The molecule has 4 N–H and O–H groups in total. The van der Waals surface area contributed by atoms with Gasteiger partial charge in [0.1, 0.15) is 0 Å². The molecule has 0 aliphatic carbocycles. The van der Waals surface area contributed by atoms with E-state index in [9.17, 15) is 4.79 Å². The Hall–Kier alpha value is -2.16. The van der Waals surface area contributed by atoms with Gasteiger partial charge in [0, 0.05) is 24.2 Å². The molecule has 0 aromatic carbocycles. The van der Waals surface area contributed by atoms with E-state index in [-0.39, 0.29) is 10.8 Å². The minimum absolute atomic E-state index is 0.0732. The van der Waals surface area contributed by atoms with Crippen LogP contribution in [0.15, 0.2) is 10.2 Å². The highest BCUT2D eigenvalue weighted by atomic mass is 32.1. The molecule has 3 rings (SSSR count). The maximum atomic E-state index is 11.1. The third-order valence-corrected chi connectivity index (χ3v) is 4.01. The summed E-state index contributed by atoms with van der Waals surface area (Å²) in [7, 11) is 0. The summed E-state index contributed by atoms with van der Waals surface area (Å²) < 4.78 is 0. The van der Waals surface area contributed by atoms with E-state index in [1.807, 2.05) is 0 Å². The van der Waals surface area contributed by atoms with Crippen LogP contribution in [0.3, 0.4) is 0 Å². The number of anilines is 3. The van der Waals surface area contributed by atoms with E-state index >= 15 is 0 Å². The number of rotatable bonds is 4. The van der Waals surface area contributed by atoms with Crippen LogP contribution in [0, 0.1) is 0 Å². The van der Waals surface area contributed by atoms with Gasteiger partial charge in [-0.1, -0.05) is 11.3 Å². The number of nitrogens with two attached hydrogens (primary N) is 1. The van der Waals surface area contributed by atoms with Gasteiger partial charge in [-0.25, -0.2) is 0 Å². The topological polar surface area (TPSA) is 113 Å². The fourth-order valence-corrected chi connectivity index (χ4v) is 2.85. The minimum atomic E-state index is -0.0732. The van der Waals surface area contributed by atoms with Crippen LogP contribution in [0.25, 0.3) is 0 Å². The molecule has 0 amide bonds. The van der Waals surface area contributed by atoms with E-state index < -0.39 is 0 Å². The molecule has 1 aliphatic heterocycles. The average Bonchev–Trinajstić information content (AvgIpc) is 2.91. The van der Waals surface area contributed by atoms with Crippen LogP contribution < -0.4 is 20.8 Å². The van der Waals surface area contributed by atoms with E-state index in [0.717, 1.165) is 43.0 Å². The fraction of sp³-hybridized carbons (Fsp3) is 0.500. The Balaban J connectivity index is 1.72. The predicted octanol–water partition coefficient (Wildman–Crippen LogP) is 0.806. The molecule has 0 unspecified atom stereocenters. The molecule has 3 heterocycles. The fourth-order valence-electron chi connectivity index (χ4n) is 2.27. The number of nitrogen functional groups attached to an aromatic ring is 1. The first-order valence-corrected chi connectivity index (χ1v) is 7.76. The molecule has 21 heavy (non-hydrogen) atoms. The van der Waals surface area contributed by atoms with Crippen molar-refractivity contribution in [3.8, 4) is 0 Å². The summed E-state index contributed by atoms with van der Waals surface area (Å²) in [6.07, 6.45) is 3.53. The zero-order chi connectivity index (χ0) is 14.7. The van der Waals surface area contributed by atoms with Gasteiger partial charge in [0.2, 0.25) is 17.8 Å². The Kier molecular flexibility index (Phi) is 4.00. The Morgan fingerprint density at radius 3 is 2.81 bits per heavy atom. The van der Waals surface area contributed by atoms with Crippen molar-refractivity contribution in [2.75, 3.05) is 29.0 Å².